The number of aliphatic hydroxyl groups excluding tert-OH is 1. The first-order valence-corrected chi connectivity index (χ1v) is 9.91. The van der Waals surface area contributed by atoms with Crippen LogP contribution in [-0.2, 0) is 6.42 Å². The van der Waals surface area contributed by atoms with Crippen LogP contribution in [0.15, 0.2) is 12.3 Å². The van der Waals surface area contributed by atoms with E-state index in [0.29, 0.717) is 36.1 Å². The third-order valence-electron chi connectivity index (χ3n) is 5.27. The van der Waals surface area contributed by atoms with Gasteiger partial charge in [-0.15, -0.1) is 0 Å². The summed E-state index contributed by atoms with van der Waals surface area (Å²) in [5.41, 5.74) is 9.38. The number of hydrogen-bond acceptors (Lipinski definition) is 8. The van der Waals surface area contributed by atoms with E-state index in [2.05, 4.69) is 26.8 Å². The minimum atomic E-state index is -0.143. The molecule has 2 aromatic rings. The van der Waals surface area contributed by atoms with Crippen molar-refractivity contribution in [2.75, 3.05) is 24.1 Å². The van der Waals surface area contributed by atoms with E-state index >= 15 is 0 Å². The number of aliphatic hydroxyl groups is 1. The molecule has 0 atom stereocenters. The molecule has 1 aliphatic rings. The van der Waals surface area contributed by atoms with Crippen molar-refractivity contribution in [2.24, 2.45) is 5.92 Å². The lowest BCUT2D eigenvalue weighted by Gasteiger charge is -2.31. The molecule has 1 fully saturated rings. The first kappa shape index (κ1) is 20.6. The Morgan fingerprint density at radius 2 is 2.24 bits per heavy atom. The molecule has 0 aromatic carbocycles. The van der Waals surface area contributed by atoms with Crippen molar-refractivity contribution in [1.29, 1.82) is 10.7 Å². The fraction of sp³-hybridized carbons (Fsp3) is 0.500. The number of anilines is 2. The number of nitrogen functional groups attached to an aromatic ring is 1. The van der Waals surface area contributed by atoms with Gasteiger partial charge < -0.3 is 26.9 Å². The van der Waals surface area contributed by atoms with Gasteiger partial charge >= 0.3 is 0 Å². The molecule has 1 aliphatic carbocycles. The van der Waals surface area contributed by atoms with Crippen LogP contribution in [0.4, 0.5) is 11.6 Å². The lowest BCUT2D eigenvalue weighted by Crippen LogP contribution is -2.34. The van der Waals surface area contributed by atoms with Crippen LogP contribution in [0.1, 0.15) is 43.0 Å². The van der Waals surface area contributed by atoms with E-state index < -0.39 is 0 Å². The summed E-state index contributed by atoms with van der Waals surface area (Å²) < 4.78 is 1.52. The number of hydrogen-bond donors (Lipinski definition) is 5. The highest BCUT2D eigenvalue weighted by Crippen LogP contribution is 2.26. The van der Waals surface area contributed by atoms with Gasteiger partial charge in [0.25, 0.3) is 0 Å². The summed E-state index contributed by atoms with van der Waals surface area (Å²) in [7, 11) is 0. The second kappa shape index (κ2) is 8.92. The van der Waals surface area contributed by atoms with Gasteiger partial charge in [-0.2, -0.15) is 14.9 Å². The summed E-state index contributed by atoms with van der Waals surface area (Å²) in [6.45, 7) is 5.21. The van der Waals surface area contributed by atoms with Crippen LogP contribution in [0.3, 0.4) is 0 Å². The average molecular weight is 396 g/mol. The van der Waals surface area contributed by atoms with Crippen LogP contribution in [0, 0.1) is 29.6 Å². The molecular weight excluding hydrogens is 368 g/mol. The third-order valence-corrected chi connectivity index (χ3v) is 5.27. The molecule has 0 spiro atoms. The highest BCUT2D eigenvalue weighted by molar-refractivity contribution is 5.92. The van der Waals surface area contributed by atoms with Gasteiger partial charge in [0.05, 0.1) is 11.8 Å². The van der Waals surface area contributed by atoms with Crippen LogP contribution in [-0.4, -0.2) is 44.6 Å². The minimum absolute atomic E-state index is 0.143. The van der Waals surface area contributed by atoms with Crippen LogP contribution in [0.25, 0.3) is 5.65 Å². The number of aryl methyl sites for hydroxylation is 2. The zero-order chi connectivity index (χ0) is 21.0. The van der Waals surface area contributed by atoms with E-state index in [1.807, 2.05) is 13.8 Å². The highest BCUT2D eigenvalue weighted by Gasteiger charge is 2.26. The Morgan fingerprint density at radius 3 is 2.90 bits per heavy atom. The maximum atomic E-state index is 9.50. The summed E-state index contributed by atoms with van der Waals surface area (Å²) >= 11 is 0. The molecule has 0 saturated heterocycles. The van der Waals surface area contributed by atoms with Crippen molar-refractivity contribution in [1.82, 2.24) is 19.9 Å². The summed E-state index contributed by atoms with van der Waals surface area (Å²) in [6, 6.07) is 2.10. The van der Waals surface area contributed by atoms with Gasteiger partial charge in [0.1, 0.15) is 23.3 Å². The molecular formula is C20H28N8O. The third kappa shape index (κ3) is 4.49. The van der Waals surface area contributed by atoms with Gasteiger partial charge in [-0.05, 0) is 44.4 Å². The highest BCUT2D eigenvalue weighted by atomic mass is 16.3. The second-order valence-corrected chi connectivity index (χ2v) is 7.42. The van der Waals surface area contributed by atoms with Crippen LogP contribution in [0.5, 0.6) is 0 Å². The Kier molecular flexibility index (Phi) is 6.34. The molecule has 3 rings (SSSR count). The Morgan fingerprint density at radius 1 is 1.48 bits per heavy atom. The molecule has 2 aromatic heterocycles. The monoisotopic (exact) mass is 396 g/mol. The Hall–Kier alpha value is -3.12. The quantitative estimate of drug-likeness (QED) is 0.405. The molecule has 154 valence electrons. The van der Waals surface area contributed by atoms with Gasteiger partial charge in [0, 0.05) is 30.8 Å². The summed E-state index contributed by atoms with van der Waals surface area (Å²) in [4.78, 5) is 4.58. The van der Waals surface area contributed by atoms with Gasteiger partial charge in [-0.3, -0.25) is 0 Å². The number of nitrogens with two attached hydrogens (primary N) is 1. The van der Waals surface area contributed by atoms with E-state index in [-0.39, 0.29) is 17.5 Å². The first-order valence-electron chi connectivity index (χ1n) is 9.91. The van der Waals surface area contributed by atoms with E-state index in [9.17, 15) is 10.4 Å². The van der Waals surface area contributed by atoms with E-state index in [4.69, 9.17) is 11.1 Å². The molecule has 0 aliphatic heterocycles. The average Bonchev–Trinajstić information content (AvgIpc) is 2.99. The zero-order valence-corrected chi connectivity index (χ0v) is 16.9. The van der Waals surface area contributed by atoms with Gasteiger partial charge in [0.15, 0.2) is 5.65 Å². The van der Waals surface area contributed by atoms with Crippen LogP contribution >= 0.6 is 0 Å². The Balaban J connectivity index is 1.58. The van der Waals surface area contributed by atoms with Crippen molar-refractivity contribution in [3.05, 3.63) is 29.1 Å². The van der Waals surface area contributed by atoms with E-state index in [1.54, 1.807) is 12.3 Å². The number of nitrogens with zero attached hydrogens (tertiary/aromatic N) is 4. The lowest BCUT2D eigenvalue weighted by atomic mass is 9.82. The fourth-order valence-corrected chi connectivity index (χ4v) is 3.53. The maximum Gasteiger partial charge on any atom is 0.163 e. The number of nitriles is 1. The normalized spacial score (nSPS) is 18.6. The molecule has 9 nitrogen and oxygen atoms in total. The molecule has 0 radical (unpaired) electrons. The summed E-state index contributed by atoms with van der Waals surface area (Å²) in [5.74, 6) is 1.20. The Labute approximate surface area is 170 Å². The largest absolute Gasteiger partial charge is 0.393 e. The van der Waals surface area contributed by atoms with Crippen molar-refractivity contribution >= 4 is 23.0 Å². The lowest BCUT2D eigenvalue weighted by molar-refractivity contribution is 0.0445. The maximum absolute atomic E-state index is 9.50. The minimum Gasteiger partial charge on any atom is -0.393 e. The smallest absolute Gasteiger partial charge is 0.163 e. The molecule has 0 bridgehead atoms. The zero-order valence-electron chi connectivity index (χ0n) is 16.9. The predicted octanol–water partition coefficient (Wildman–Crippen LogP) is 1.75. The summed E-state index contributed by atoms with van der Waals surface area (Å²) in [6.07, 6.45) is 6.31. The standard InChI is InChI=1S/C20H28N8O/c1-3-16-12(2)27-28-18(23)17(10-21)19(26-20(16)28)25-7-5-14(22)4-6-24-11-13-8-15(29)9-13/h4,6,13,15,22,24,29H,3,5,7-9,11,23H2,1-2H3,(H,25,26)/b6-4-,22-14?. The van der Waals surface area contributed by atoms with Gasteiger partial charge in [-0.1, -0.05) is 6.92 Å². The SMILES string of the molecule is CCc1c(C)nn2c(N)c(C#N)c(NCCC(=N)/C=C\NCC3CC(O)C3)nc12. The van der Waals surface area contributed by atoms with Crippen molar-refractivity contribution in [3.63, 3.8) is 0 Å². The number of fused-ring (bicyclic) bond motifs is 1. The number of aromatic nitrogens is 3. The molecule has 0 amide bonds. The van der Waals surface area contributed by atoms with Crippen molar-refractivity contribution in [2.45, 2.75) is 45.6 Å². The molecule has 6 N–H and O–H groups in total. The van der Waals surface area contributed by atoms with Crippen molar-refractivity contribution in [3.8, 4) is 6.07 Å². The topological polar surface area (TPSA) is 148 Å². The van der Waals surface area contributed by atoms with Crippen LogP contribution < -0.4 is 16.4 Å². The molecule has 2 heterocycles. The molecule has 0 unspecified atom stereocenters. The fourth-order valence-electron chi connectivity index (χ4n) is 3.53. The first-order chi connectivity index (χ1) is 13.9. The van der Waals surface area contributed by atoms with E-state index in [0.717, 1.165) is 37.1 Å². The van der Waals surface area contributed by atoms with Gasteiger partial charge in [-0.25, -0.2) is 4.98 Å². The van der Waals surface area contributed by atoms with Crippen LogP contribution in [0.2, 0.25) is 0 Å². The molecule has 29 heavy (non-hydrogen) atoms. The van der Waals surface area contributed by atoms with Crippen molar-refractivity contribution < 1.29 is 5.11 Å². The summed E-state index contributed by atoms with van der Waals surface area (Å²) in [5, 5.41) is 37.5. The number of rotatable bonds is 9. The van der Waals surface area contributed by atoms with E-state index in [1.165, 1.54) is 4.52 Å². The van der Waals surface area contributed by atoms with Gasteiger partial charge in [0.2, 0.25) is 0 Å². The molecule has 1 saturated carbocycles. The molecule has 9 heteroatoms. The number of allylic oxidation sites excluding steroid dienone is 1. The Bertz CT molecular complexity index is 965. The second-order valence-electron chi connectivity index (χ2n) is 7.42. The number of nitrogens with one attached hydrogen (secondary N) is 3. The predicted molar refractivity (Wildman–Crippen MR) is 113 cm³/mol.